The van der Waals surface area contributed by atoms with Crippen molar-refractivity contribution < 1.29 is 22.3 Å². The van der Waals surface area contributed by atoms with Crippen LogP contribution < -0.4 is 5.32 Å². The van der Waals surface area contributed by atoms with Gasteiger partial charge in [-0.05, 0) is 42.7 Å². The number of carbonyl (C=O) groups excluding carboxylic acids is 1. The summed E-state index contributed by atoms with van der Waals surface area (Å²) >= 11 is 0. The van der Waals surface area contributed by atoms with Crippen LogP contribution in [0.15, 0.2) is 59.5 Å². The summed E-state index contributed by atoms with van der Waals surface area (Å²) in [4.78, 5) is 15.3. The van der Waals surface area contributed by atoms with Gasteiger partial charge in [0.25, 0.3) is 0 Å². The highest BCUT2D eigenvalue weighted by Crippen LogP contribution is 2.25. The van der Waals surface area contributed by atoms with E-state index in [0.29, 0.717) is 32.6 Å². The van der Waals surface area contributed by atoms with Gasteiger partial charge in [0, 0.05) is 38.6 Å². The third kappa shape index (κ3) is 5.78. The van der Waals surface area contributed by atoms with Crippen molar-refractivity contribution in [2.45, 2.75) is 23.8 Å². The van der Waals surface area contributed by atoms with Gasteiger partial charge in [0.05, 0.1) is 24.2 Å². The zero-order valence-electron chi connectivity index (χ0n) is 18.5. The Morgan fingerprint density at radius 3 is 2.27 bits per heavy atom. The minimum Gasteiger partial charge on any atom is -0.379 e. The fourth-order valence-corrected chi connectivity index (χ4v) is 5.95. The molecule has 2 fully saturated rings. The molecular formula is C24H30FN3O4S. The smallest absolute Gasteiger partial charge is 0.243 e. The van der Waals surface area contributed by atoms with E-state index in [9.17, 15) is 17.6 Å². The monoisotopic (exact) mass is 475 g/mol. The number of morpholine rings is 1. The second-order valence-corrected chi connectivity index (χ2v) is 10.4. The molecule has 0 aliphatic carbocycles. The van der Waals surface area contributed by atoms with Crippen molar-refractivity contribution in [1.82, 2.24) is 14.5 Å². The highest BCUT2D eigenvalue weighted by atomic mass is 32.2. The summed E-state index contributed by atoms with van der Waals surface area (Å²) in [6.45, 7) is 4.02. The van der Waals surface area contributed by atoms with Gasteiger partial charge < -0.3 is 10.1 Å². The Morgan fingerprint density at radius 1 is 1.00 bits per heavy atom. The van der Waals surface area contributed by atoms with Gasteiger partial charge in [0.2, 0.25) is 15.9 Å². The van der Waals surface area contributed by atoms with E-state index in [4.69, 9.17) is 4.74 Å². The maximum Gasteiger partial charge on any atom is 0.243 e. The topological polar surface area (TPSA) is 79.0 Å². The predicted molar refractivity (Wildman–Crippen MR) is 122 cm³/mol. The van der Waals surface area contributed by atoms with Gasteiger partial charge in [-0.15, -0.1) is 0 Å². The molecule has 0 aromatic heterocycles. The summed E-state index contributed by atoms with van der Waals surface area (Å²) < 4.78 is 45.6. The summed E-state index contributed by atoms with van der Waals surface area (Å²) in [5.74, 6) is -0.746. The van der Waals surface area contributed by atoms with E-state index in [-0.39, 0.29) is 35.9 Å². The maximum atomic E-state index is 13.2. The van der Waals surface area contributed by atoms with Crippen LogP contribution >= 0.6 is 0 Å². The summed E-state index contributed by atoms with van der Waals surface area (Å²) in [6, 6.07) is 15.0. The number of amides is 1. The van der Waals surface area contributed by atoms with E-state index in [0.717, 1.165) is 30.8 Å². The molecular weight excluding hydrogens is 445 g/mol. The SMILES string of the molecule is O=C(NCC(c1ccccc1)N1CCOCC1)C1CCN(S(=O)(=O)c2ccc(F)cc2)CC1. The van der Waals surface area contributed by atoms with Crippen LogP contribution in [0.25, 0.3) is 0 Å². The molecule has 0 spiro atoms. The Hall–Kier alpha value is -2.33. The molecule has 7 nitrogen and oxygen atoms in total. The molecule has 178 valence electrons. The first-order valence-electron chi connectivity index (χ1n) is 11.4. The van der Waals surface area contributed by atoms with Gasteiger partial charge in [-0.1, -0.05) is 30.3 Å². The zero-order chi connectivity index (χ0) is 23.3. The summed E-state index contributed by atoms with van der Waals surface area (Å²) in [5.41, 5.74) is 1.15. The van der Waals surface area contributed by atoms with Crippen LogP contribution in [0.3, 0.4) is 0 Å². The number of halogens is 1. The lowest BCUT2D eigenvalue weighted by atomic mass is 9.97. The van der Waals surface area contributed by atoms with Gasteiger partial charge >= 0.3 is 0 Å². The number of carbonyl (C=O) groups is 1. The standard InChI is InChI=1S/C24H30FN3O4S/c25-21-6-8-22(9-7-21)33(30,31)28-12-10-20(11-13-28)24(29)26-18-23(19-4-2-1-3-5-19)27-14-16-32-17-15-27/h1-9,20,23H,10-18H2,(H,26,29). The predicted octanol–water partition coefficient (Wildman–Crippen LogP) is 2.42. The van der Waals surface area contributed by atoms with Crippen molar-refractivity contribution in [2.24, 2.45) is 5.92 Å². The van der Waals surface area contributed by atoms with E-state index < -0.39 is 15.8 Å². The highest BCUT2D eigenvalue weighted by Gasteiger charge is 2.32. The number of rotatable bonds is 7. The lowest BCUT2D eigenvalue weighted by Gasteiger charge is -2.35. The lowest BCUT2D eigenvalue weighted by Crippen LogP contribution is -2.46. The third-order valence-electron chi connectivity index (χ3n) is 6.42. The largest absolute Gasteiger partial charge is 0.379 e. The number of nitrogens with one attached hydrogen (secondary N) is 1. The van der Waals surface area contributed by atoms with Crippen LogP contribution in [-0.2, 0) is 19.6 Å². The fraction of sp³-hybridized carbons (Fsp3) is 0.458. The summed E-state index contributed by atoms with van der Waals surface area (Å²) in [7, 11) is -3.69. The summed E-state index contributed by atoms with van der Waals surface area (Å²) in [5, 5.41) is 3.11. The Morgan fingerprint density at radius 2 is 1.64 bits per heavy atom. The lowest BCUT2D eigenvalue weighted by molar-refractivity contribution is -0.126. The number of piperidine rings is 1. The Labute approximate surface area is 194 Å². The van der Waals surface area contributed by atoms with E-state index >= 15 is 0 Å². The Kier molecular flexibility index (Phi) is 7.75. The molecule has 2 aromatic carbocycles. The molecule has 2 aliphatic heterocycles. The quantitative estimate of drug-likeness (QED) is 0.666. The second-order valence-electron chi connectivity index (χ2n) is 8.45. The molecule has 2 heterocycles. The van der Waals surface area contributed by atoms with Crippen LogP contribution in [0.1, 0.15) is 24.4 Å². The van der Waals surface area contributed by atoms with Gasteiger partial charge in [-0.3, -0.25) is 9.69 Å². The number of nitrogens with zero attached hydrogens (tertiary/aromatic N) is 2. The molecule has 0 saturated carbocycles. The molecule has 33 heavy (non-hydrogen) atoms. The average Bonchev–Trinajstić information content (AvgIpc) is 2.86. The van der Waals surface area contributed by atoms with Crippen molar-refractivity contribution >= 4 is 15.9 Å². The first kappa shape index (κ1) is 23.8. The normalized spacial score (nSPS) is 19.8. The van der Waals surface area contributed by atoms with Crippen LogP contribution in [-0.4, -0.2) is 69.5 Å². The fourth-order valence-electron chi connectivity index (χ4n) is 4.48. The van der Waals surface area contributed by atoms with Crippen LogP contribution in [0.5, 0.6) is 0 Å². The summed E-state index contributed by atoms with van der Waals surface area (Å²) in [6.07, 6.45) is 0.916. The number of ether oxygens (including phenoxy) is 1. The van der Waals surface area contributed by atoms with E-state index in [2.05, 4.69) is 22.3 Å². The Balaban J connectivity index is 1.34. The first-order valence-corrected chi connectivity index (χ1v) is 12.8. The molecule has 1 atom stereocenters. The second kappa shape index (κ2) is 10.7. The van der Waals surface area contributed by atoms with E-state index in [1.807, 2.05) is 18.2 Å². The van der Waals surface area contributed by atoms with E-state index in [1.54, 1.807) is 0 Å². The van der Waals surface area contributed by atoms with Crippen molar-refractivity contribution in [3.8, 4) is 0 Å². The van der Waals surface area contributed by atoms with Gasteiger partial charge in [-0.25, -0.2) is 12.8 Å². The molecule has 1 unspecified atom stereocenters. The van der Waals surface area contributed by atoms with Crippen LogP contribution in [0.4, 0.5) is 4.39 Å². The molecule has 2 aliphatic rings. The van der Waals surface area contributed by atoms with Crippen LogP contribution in [0.2, 0.25) is 0 Å². The molecule has 2 saturated heterocycles. The van der Waals surface area contributed by atoms with Crippen LogP contribution in [0, 0.1) is 11.7 Å². The molecule has 2 aromatic rings. The molecule has 4 rings (SSSR count). The van der Waals surface area contributed by atoms with Gasteiger partial charge in [0.1, 0.15) is 5.82 Å². The average molecular weight is 476 g/mol. The van der Waals surface area contributed by atoms with Crippen molar-refractivity contribution in [3.05, 3.63) is 66.0 Å². The van der Waals surface area contributed by atoms with Gasteiger partial charge in [-0.2, -0.15) is 4.31 Å². The first-order chi connectivity index (χ1) is 15.9. The third-order valence-corrected chi connectivity index (χ3v) is 8.33. The number of hydrogen-bond donors (Lipinski definition) is 1. The zero-order valence-corrected chi connectivity index (χ0v) is 19.3. The highest BCUT2D eigenvalue weighted by molar-refractivity contribution is 7.89. The number of sulfonamides is 1. The Bertz CT molecular complexity index is 1020. The minimum atomic E-state index is -3.69. The number of hydrogen-bond acceptors (Lipinski definition) is 5. The molecule has 9 heteroatoms. The van der Waals surface area contributed by atoms with Crippen molar-refractivity contribution in [1.29, 1.82) is 0 Å². The van der Waals surface area contributed by atoms with Gasteiger partial charge in [0.15, 0.2) is 0 Å². The molecule has 1 N–H and O–H groups in total. The number of benzene rings is 2. The van der Waals surface area contributed by atoms with E-state index in [1.165, 1.54) is 16.4 Å². The minimum absolute atomic E-state index is 0.0389. The molecule has 0 bridgehead atoms. The van der Waals surface area contributed by atoms with Crippen molar-refractivity contribution in [2.75, 3.05) is 45.9 Å². The maximum absolute atomic E-state index is 13.2. The molecule has 0 radical (unpaired) electrons. The molecule has 1 amide bonds. The van der Waals surface area contributed by atoms with Crippen molar-refractivity contribution in [3.63, 3.8) is 0 Å².